The van der Waals surface area contributed by atoms with E-state index in [1.54, 1.807) is 18.2 Å². The fourth-order valence-corrected chi connectivity index (χ4v) is 2.00. The van der Waals surface area contributed by atoms with E-state index in [1.807, 2.05) is 0 Å². The molecule has 0 aliphatic heterocycles. The molecule has 2 aromatic rings. The Kier molecular flexibility index (Phi) is 5.45. The topological polar surface area (TPSA) is 114 Å². The number of carbonyl (C=O) groups excluding carboxylic acids is 1. The van der Waals surface area contributed by atoms with E-state index in [0.29, 0.717) is 11.1 Å². The average Bonchev–Trinajstić information content (AvgIpc) is 2.56. The highest BCUT2D eigenvalue weighted by Crippen LogP contribution is 2.25. The van der Waals surface area contributed by atoms with E-state index in [9.17, 15) is 20.0 Å². The van der Waals surface area contributed by atoms with Gasteiger partial charge in [0.1, 0.15) is 0 Å². The first kappa shape index (κ1) is 16.9. The van der Waals surface area contributed by atoms with E-state index in [-0.39, 0.29) is 23.6 Å². The first-order valence-electron chi connectivity index (χ1n) is 6.92. The summed E-state index contributed by atoms with van der Waals surface area (Å²) in [4.78, 5) is 22.2. The number of para-hydroxylation sites is 1. The summed E-state index contributed by atoms with van der Waals surface area (Å²) in [7, 11) is 1.42. The fourth-order valence-electron chi connectivity index (χ4n) is 2.00. The Morgan fingerprint density at radius 3 is 2.83 bits per heavy atom. The largest absolute Gasteiger partial charge is 0.504 e. The van der Waals surface area contributed by atoms with Crippen LogP contribution in [0.25, 0.3) is 0 Å². The van der Waals surface area contributed by atoms with Crippen LogP contribution in [0.15, 0.2) is 47.6 Å². The van der Waals surface area contributed by atoms with Crippen LogP contribution in [-0.2, 0) is 11.2 Å². The van der Waals surface area contributed by atoms with Crippen LogP contribution in [0.3, 0.4) is 0 Å². The molecule has 1 amide bonds. The molecule has 0 aromatic heterocycles. The van der Waals surface area contributed by atoms with Gasteiger partial charge in [-0.3, -0.25) is 14.9 Å². The van der Waals surface area contributed by atoms with Crippen molar-refractivity contribution in [3.63, 3.8) is 0 Å². The van der Waals surface area contributed by atoms with Gasteiger partial charge in [-0.05, 0) is 23.8 Å². The van der Waals surface area contributed by atoms with Crippen LogP contribution in [0, 0.1) is 10.1 Å². The Labute approximate surface area is 137 Å². The molecule has 0 spiro atoms. The van der Waals surface area contributed by atoms with Gasteiger partial charge >= 0.3 is 0 Å². The Balaban J connectivity index is 2.00. The number of nitrogens with one attached hydrogen (secondary N) is 1. The smallest absolute Gasteiger partial charge is 0.273 e. The third-order valence-corrected chi connectivity index (χ3v) is 3.15. The number of ether oxygens (including phenoxy) is 1. The third-order valence-electron chi connectivity index (χ3n) is 3.15. The minimum atomic E-state index is -0.533. The summed E-state index contributed by atoms with van der Waals surface area (Å²) < 4.78 is 4.96. The number of phenols is 1. The first-order chi connectivity index (χ1) is 11.5. The molecule has 8 heteroatoms. The van der Waals surface area contributed by atoms with Crippen molar-refractivity contribution in [1.82, 2.24) is 5.43 Å². The molecule has 8 nitrogen and oxygen atoms in total. The molecule has 0 unspecified atom stereocenters. The molecular formula is C16H15N3O5. The summed E-state index contributed by atoms with van der Waals surface area (Å²) in [5.74, 6) is -0.202. The predicted octanol–water partition coefficient (Wildman–Crippen LogP) is 2.00. The second-order valence-electron chi connectivity index (χ2n) is 4.79. The third kappa shape index (κ3) is 4.29. The maximum atomic E-state index is 11.8. The zero-order valence-corrected chi connectivity index (χ0v) is 12.8. The van der Waals surface area contributed by atoms with E-state index >= 15 is 0 Å². The number of benzene rings is 2. The first-order valence-corrected chi connectivity index (χ1v) is 6.92. The number of phenolic OH excluding ortho intramolecular Hbond substituents is 1. The van der Waals surface area contributed by atoms with Gasteiger partial charge in [0.15, 0.2) is 11.5 Å². The zero-order chi connectivity index (χ0) is 17.5. The minimum absolute atomic E-state index is 0.00456. The van der Waals surface area contributed by atoms with Gasteiger partial charge in [0.05, 0.1) is 24.7 Å². The number of amides is 1. The lowest BCUT2D eigenvalue weighted by molar-refractivity contribution is -0.385. The summed E-state index contributed by atoms with van der Waals surface area (Å²) in [5, 5.41) is 24.2. The standard InChI is InChI=1S/C16H15N3O5/c1-24-15-8-11(6-7-14(15)20)10-17-18-16(21)9-12-4-2-3-5-13(12)19(22)23/h2-8,10,20H,9H2,1H3,(H,18,21). The molecule has 0 aliphatic rings. The molecule has 0 fully saturated rings. The van der Waals surface area contributed by atoms with Gasteiger partial charge in [0.25, 0.3) is 5.69 Å². The van der Waals surface area contributed by atoms with E-state index in [0.717, 1.165) is 0 Å². The maximum Gasteiger partial charge on any atom is 0.273 e. The number of nitrogens with zero attached hydrogens (tertiary/aromatic N) is 2. The number of nitro groups is 1. The molecule has 2 N–H and O–H groups in total. The van der Waals surface area contributed by atoms with Crippen LogP contribution in [-0.4, -0.2) is 29.3 Å². The van der Waals surface area contributed by atoms with Crippen LogP contribution in [0.1, 0.15) is 11.1 Å². The lowest BCUT2D eigenvalue weighted by Crippen LogP contribution is -2.20. The van der Waals surface area contributed by atoms with Gasteiger partial charge < -0.3 is 9.84 Å². The SMILES string of the molecule is COc1cc(C=NNC(=O)Cc2ccccc2[N+](=O)[O-])ccc1O. The molecule has 2 rings (SSSR count). The number of rotatable bonds is 6. The Hall–Kier alpha value is -3.42. The minimum Gasteiger partial charge on any atom is -0.504 e. The Bertz CT molecular complexity index is 789. The van der Waals surface area contributed by atoms with E-state index < -0.39 is 10.8 Å². The van der Waals surface area contributed by atoms with Crippen molar-refractivity contribution in [2.24, 2.45) is 5.10 Å². The number of methoxy groups -OCH3 is 1. The normalized spacial score (nSPS) is 10.5. The van der Waals surface area contributed by atoms with Crippen molar-refractivity contribution in [3.8, 4) is 11.5 Å². The second kappa shape index (κ2) is 7.73. The lowest BCUT2D eigenvalue weighted by atomic mass is 10.1. The van der Waals surface area contributed by atoms with Gasteiger partial charge in [-0.2, -0.15) is 5.10 Å². The second-order valence-corrected chi connectivity index (χ2v) is 4.79. The quantitative estimate of drug-likeness (QED) is 0.478. The van der Waals surface area contributed by atoms with Crippen molar-refractivity contribution in [1.29, 1.82) is 0 Å². The maximum absolute atomic E-state index is 11.8. The Morgan fingerprint density at radius 2 is 2.12 bits per heavy atom. The summed E-state index contributed by atoms with van der Waals surface area (Å²) >= 11 is 0. The van der Waals surface area contributed by atoms with Crippen LogP contribution in [0.4, 0.5) is 5.69 Å². The summed E-state index contributed by atoms with van der Waals surface area (Å²) in [6, 6.07) is 10.6. The summed E-state index contributed by atoms with van der Waals surface area (Å²) in [5.41, 5.74) is 3.11. The molecule has 124 valence electrons. The molecular weight excluding hydrogens is 314 g/mol. The number of carbonyl (C=O) groups is 1. The van der Waals surface area contributed by atoms with Gasteiger partial charge in [-0.25, -0.2) is 5.43 Å². The van der Waals surface area contributed by atoms with E-state index in [2.05, 4.69) is 10.5 Å². The van der Waals surface area contributed by atoms with Gasteiger partial charge in [-0.15, -0.1) is 0 Å². The molecule has 0 atom stereocenters. The molecule has 0 saturated heterocycles. The van der Waals surface area contributed by atoms with Crippen molar-refractivity contribution in [3.05, 3.63) is 63.7 Å². The van der Waals surface area contributed by atoms with Crippen LogP contribution < -0.4 is 10.2 Å². The number of hydrogen-bond acceptors (Lipinski definition) is 6. The van der Waals surface area contributed by atoms with Gasteiger partial charge in [-0.1, -0.05) is 18.2 Å². The zero-order valence-electron chi connectivity index (χ0n) is 12.8. The number of hydrazone groups is 1. The lowest BCUT2D eigenvalue weighted by Gasteiger charge is -2.04. The monoisotopic (exact) mass is 329 g/mol. The molecule has 0 aliphatic carbocycles. The van der Waals surface area contributed by atoms with Crippen molar-refractivity contribution in [2.75, 3.05) is 7.11 Å². The summed E-state index contributed by atoms with van der Waals surface area (Å²) in [6.45, 7) is 0. The van der Waals surface area contributed by atoms with Gasteiger partial charge in [0, 0.05) is 11.6 Å². The highest BCUT2D eigenvalue weighted by molar-refractivity contribution is 5.84. The van der Waals surface area contributed by atoms with Crippen molar-refractivity contribution in [2.45, 2.75) is 6.42 Å². The van der Waals surface area contributed by atoms with Crippen molar-refractivity contribution < 1.29 is 19.6 Å². The molecule has 0 radical (unpaired) electrons. The highest BCUT2D eigenvalue weighted by atomic mass is 16.6. The van der Waals surface area contributed by atoms with E-state index in [1.165, 1.54) is 37.6 Å². The molecule has 24 heavy (non-hydrogen) atoms. The molecule has 0 saturated carbocycles. The van der Waals surface area contributed by atoms with E-state index in [4.69, 9.17) is 4.74 Å². The average molecular weight is 329 g/mol. The highest BCUT2D eigenvalue weighted by Gasteiger charge is 2.14. The Morgan fingerprint density at radius 1 is 1.38 bits per heavy atom. The molecule has 2 aromatic carbocycles. The van der Waals surface area contributed by atoms with Gasteiger partial charge in [0.2, 0.25) is 5.91 Å². The summed E-state index contributed by atoms with van der Waals surface area (Å²) in [6.07, 6.45) is 1.21. The van der Waals surface area contributed by atoms with Crippen LogP contribution >= 0.6 is 0 Å². The van der Waals surface area contributed by atoms with Crippen LogP contribution in [0.5, 0.6) is 11.5 Å². The molecule has 0 bridgehead atoms. The molecule has 0 heterocycles. The van der Waals surface area contributed by atoms with Crippen molar-refractivity contribution >= 4 is 17.8 Å². The predicted molar refractivity (Wildman–Crippen MR) is 87.2 cm³/mol. The van der Waals surface area contributed by atoms with Crippen LogP contribution in [0.2, 0.25) is 0 Å². The number of hydrogen-bond donors (Lipinski definition) is 2. The number of aromatic hydroxyl groups is 1. The fraction of sp³-hybridized carbons (Fsp3) is 0.125. The number of nitro benzene ring substituents is 1.